The Bertz CT molecular complexity index is 941. The summed E-state index contributed by atoms with van der Waals surface area (Å²) < 4.78 is 10.5. The fourth-order valence-electron chi connectivity index (χ4n) is 2.40. The first-order valence-electron chi connectivity index (χ1n) is 9.01. The minimum Gasteiger partial charge on any atom is -0.444 e. The first-order valence-corrected chi connectivity index (χ1v) is 9.01. The third-order valence-corrected chi connectivity index (χ3v) is 3.64. The molecule has 2 aromatic carbocycles. The lowest BCUT2D eigenvalue weighted by atomic mass is 10.1. The van der Waals surface area contributed by atoms with Crippen molar-refractivity contribution >= 4 is 29.9 Å². The van der Waals surface area contributed by atoms with E-state index in [2.05, 4.69) is 10.3 Å². The summed E-state index contributed by atoms with van der Waals surface area (Å²) in [5.74, 6) is 0.198. The van der Waals surface area contributed by atoms with Gasteiger partial charge < -0.3 is 9.47 Å². The predicted octanol–water partition coefficient (Wildman–Crippen LogP) is 4.60. The van der Waals surface area contributed by atoms with Crippen LogP contribution in [-0.2, 0) is 4.74 Å². The highest BCUT2D eigenvalue weighted by Crippen LogP contribution is 2.20. The van der Waals surface area contributed by atoms with Gasteiger partial charge >= 0.3 is 12.1 Å². The molecule has 0 aliphatic carbocycles. The standard InChI is InChI=1S/C22H24N2O5/c1-14-12-17(23-15(2)24-21(27)29-22(3,4)5)8-11-19(14)20(26)28-18-9-6-16(13-25)7-10-18/h6-13H,1-5H3,(H,23,24,27). The summed E-state index contributed by atoms with van der Waals surface area (Å²) in [7, 11) is 0. The minimum atomic E-state index is -0.601. The number of alkyl carbamates (subject to hydrolysis) is 1. The molecule has 0 aromatic heterocycles. The topological polar surface area (TPSA) is 94.1 Å². The Morgan fingerprint density at radius 3 is 2.28 bits per heavy atom. The van der Waals surface area contributed by atoms with Crippen LogP contribution in [0, 0.1) is 6.92 Å². The molecule has 29 heavy (non-hydrogen) atoms. The molecule has 0 radical (unpaired) electrons. The van der Waals surface area contributed by atoms with Crippen molar-refractivity contribution in [3.63, 3.8) is 0 Å². The number of hydrogen-bond donors (Lipinski definition) is 1. The van der Waals surface area contributed by atoms with Crippen LogP contribution in [-0.4, -0.2) is 29.8 Å². The highest BCUT2D eigenvalue weighted by Gasteiger charge is 2.16. The van der Waals surface area contributed by atoms with E-state index in [0.29, 0.717) is 40.2 Å². The van der Waals surface area contributed by atoms with E-state index in [0.717, 1.165) is 0 Å². The lowest BCUT2D eigenvalue weighted by Gasteiger charge is -2.19. The zero-order valence-electron chi connectivity index (χ0n) is 17.1. The van der Waals surface area contributed by atoms with Crippen LogP contribution in [0.3, 0.4) is 0 Å². The van der Waals surface area contributed by atoms with Crippen LogP contribution in [0.4, 0.5) is 10.5 Å². The molecule has 0 unspecified atom stereocenters. The van der Waals surface area contributed by atoms with E-state index in [1.165, 1.54) is 0 Å². The van der Waals surface area contributed by atoms with Gasteiger partial charge in [-0.1, -0.05) is 0 Å². The van der Waals surface area contributed by atoms with Gasteiger partial charge in [-0.05, 0) is 82.6 Å². The predicted molar refractivity (Wildman–Crippen MR) is 110 cm³/mol. The number of amides is 1. The van der Waals surface area contributed by atoms with Crippen molar-refractivity contribution in [2.24, 2.45) is 4.99 Å². The van der Waals surface area contributed by atoms with Gasteiger partial charge in [-0.3, -0.25) is 10.1 Å². The number of aryl methyl sites for hydroxylation is 1. The molecule has 0 fully saturated rings. The van der Waals surface area contributed by atoms with Gasteiger partial charge in [0.05, 0.1) is 11.3 Å². The highest BCUT2D eigenvalue weighted by molar-refractivity contribution is 5.96. The number of nitrogens with one attached hydrogen (secondary N) is 1. The molecule has 0 atom stereocenters. The third-order valence-electron chi connectivity index (χ3n) is 3.64. The number of esters is 1. The summed E-state index contributed by atoms with van der Waals surface area (Å²) in [5.41, 5.74) is 1.53. The number of carbonyl (C=O) groups excluding carboxylic acids is 3. The lowest BCUT2D eigenvalue weighted by Crippen LogP contribution is -2.35. The zero-order chi connectivity index (χ0) is 21.6. The Labute approximate surface area is 169 Å². The molecule has 0 aliphatic heterocycles. The van der Waals surface area contributed by atoms with E-state index >= 15 is 0 Å². The number of aliphatic imine (C=N–C) groups is 1. The van der Waals surface area contributed by atoms with Gasteiger partial charge in [0, 0.05) is 5.56 Å². The van der Waals surface area contributed by atoms with Gasteiger partial charge in [-0.15, -0.1) is 0 Å². The molecule has 0 aliphatic rings. The summed E-state index contributed by atoms with van der Waals surface area (Å²) >= 11 is 0. The molecule has 152 valence electrons. The second-order valence-electron chi connectivity index (χ2n) is 7.40. The maximum absolute atomic E-state index is 12.4. The maximum atomic E-state index is 12.4. The fraction of sp³-hybridized carbons (Fsp3) is 0.273. The van der Waals surface area contributed by atoms with Crippen LogP contribution >= 0.6 is 0 Å². The Hall–Kier alpha value is -3.48. The van der Waals surface area contributed by atoms with E-state index < -0.39 is 17.7 Å². The van der Waals surface area contributed by atoms with E-state index in [9.17, 15) is 14.4 Å². The van der Waals surface area contributed by atoms with Gasteiger partial charge in [-0.2, -0.15) is 0 Å². The van der Waals surface area contributed by atoms with Crippen LogP contribution in [0.2, 0.25) is 0 Å². The SMILES string of the molecule is CC(=Nc1ccc(C(=O)Oc2ccc(C=O)cc2)c(C)c1)NC(=O)OC(C)(C)C. The number of aldehydes is 1. The van der Waals surface area contributed by atoms with Crippen LogP contribution in [0.15, 0.2) is 47.5 Å². The summed E-state index contributed by atoms with van der Waals surface area (Å²) in [6.45, 7) is 8.73. The summed E-state index contributed by atoms with van der Waals surface area (Å²) in [5, 5.41) is 2.56. The Kier molecular flexibility index (Phi) is 6.88. The monoisotopic (exact) mass is 396 g/mol. The number of benzene rings is 2. The molecular formula is C22H24N2O5. The van der Waals surface area contributed by atoms with Gasteiger partial charge in [-0.25, -0.2) is 14.6 Å². The van der Waals surface area contributed by atoms with E-state index in [1.54, 1.807) is 77.1 Å². The quantitative estimate of drug-likeness (QED) is 0.268. The van der Waals surface area contributed by atoms with Crippen LogP contribution in [0.25, 0.3) is 0 Å². The van der Waals surface area contributed by atoms with Crippen LogP contribution in [0.5, 0.6) is 5.75 Å². The summed E-state index contributed by atoms with van der Waals surface area (Å²) in [6, 6.07) is 11.2. The number of rotatable bonds is 4. The molecule has 1 N–H and O–H groups in total. The molecule has 0 bridgehead atoms. The molecular weight excluding hydrogens is 372 g/mol. The fourth-order valence-corrected chi connectivity index (χ4v) is 2.40. The number of amidine groups is 1. The molecule has 7 heteroatoms. The second-order valence-corrected chi connectivity index (χ2v) is 7.40. The van der Waals surface area contributed by atoms with Crippen molar-refractivity contribution in [3.8, 4) is 5.75 Å². The molecule has 7 nitrogen and oxygen atoms in total. The van der Waals surface area contributed by atoms with Gasteiger partial charge in [0.25, 0.3) is 0 Å². The van der Waals surface area contributed by atoms with E-state index in [1.807, 2.05) is 0 Å². The molecule has 0 saturated carbocycles. The van der Waals surface area contributed by atoms with Crippen molar-refractivity contribution in [1.29, 1.82) is 0 Å². The van der Waals surface area contributed by atoms with Crippen molar-refractivity contribution in [3.05, 3.63) is 59.2 Å². The normalized spacial score (nSPS) is 11.6. The van der Waals surface area contributed by atoms with Crippen LogP contribution < -0.4 is 10.1 Å². The van der Waals surface area contributed by atoms with Crippen LogP contribution in [0.1, 0.15) is 54.0 Å². The largest absolute Gasteiger partial charge is 0.444 e. The molecule has 0 saturated heterocycles. The second kappa shape index (κ2) is 9.14. The summed E-state index contributed by atoms with van der Waals surface area (Å²) in [6.07, 6.45) is 0.130. The van der Waals surface area contributed by atoms with Gasteiger partial charge in [0.1, 0.15) is 23.5 Å². The Balaban J connectivity index is 2.07. The third kappa shape index (κ3) is 6.88. The lowest BCUT2D eigenvalue weighted by molar-refractivity contribution is 0.0562. The Morgan fingerprint density at radius 2 is 1.72 bits per heavy atom. The molecule has 2 aromatic rings. The molecule has 1 amide bonds. The van der Waals surface area contributed by atoms with Crippen molar-refractivity contribution in [1.82, 2.24) is 5.32 Å². The average Bonchev–Trinajstić information content (AvgIpc) is 2.60. The summed E-state index contributed by atoms with van der Waals surface area (Å²) in [4.78, 5) is 39.2. The number of carbonyl (C=O) groups is 3. The number of ether oxygens (including phenoxy) is 2. The molecule has 0 spiro atoms. The number of hydrogen-bond acceptors (Lipinski definition) is 6. The first kappa shape index (κ1) is 21.8. The van der Waals surface area contributed by atoms with Gasteiger partial charge in [0.15, 0.2) is 0 Å². The first-order chi connectivity index (χ1) is 13.6. The minimum absolute atomic E-state index is 0.347. The maximum Gasteiger partial charge on any atom is 0.413 e. The molecule has 0 heterocycles. The zero-order valence-corrected chi connectivity index (χ0v) is 17.1. The molecule has 2 rings (SSSR count). The van der Waals surface area contributed by atoms with Crippen molar-refractivity contribution in [2.75, 3.05) is 0 Å². The van der Waals surface area contributed by atoms with Crippen molar-refractivity contribution < 1.29 is 23.9 Å². The van der Waals surface area contributed by atoms with Gasteiger partial charge in [0.2, 0.25) is 0 Å². The smallest absolute Gasteiger partial charge is 0.413 e. The number of nitrogens with zero attached hydrogens (tertiary/aromatic N) is 1. The van der Waals surface area contributed by atoms with E-state index in [-0.39, 0.29) is 0 Å². The average molecular weight is 396 g/mol. The van der Waals surface area contributed by atoms with E-state index in [4.69, 9.17) is 9.47 Å². The van der Waals surface area contributed by atoms with Crippen molar-refractivity contribution in [2.45, 2.75) is 40.2 Å². The highest BCUT2D eigenvalue weighted by atomic mass is 16.6. The Morgan fingerprint density at radius 1 is 1.07 bits per heavy atom.